The minimum absolute atomic E-state index is 0.158. The zero-order valence-corrected chi connectivity index (χ0v) is 12.8. The van der Waals surface area contributed by atoms with Crippen molar-refractivity contribution in [3.63, 3.8) is 0 Å². The molecule has 0 bridgehead atoms. The van der Waals surface area contributed by atoms with Crippen molar-refractivity contribution in [3.05, 3.63) is 29.8 Å². The van der Waals surface area contributed by atoms with Crippen LogP contribution in [-0.2, 0) is 4.74 Å². The van der Waals surface area contributed by atoms with Crippen molar-refractivity contribution in [2.24, 2.45) is 0 Å². The molecule has 1 fully saturated rings. The molecule has 1 saturated heterocycles. The number of alkyl carbamates (subject to hydrolysis) is 1. The lowest BCUT2D eigenvalue weighted by molar-refractivity contribution is 0.0509. The zero-order chi connectivity index (χ0) is 14.8. The van der Waals surface area contributed by atoms with Crippen LogP contribution in [-0.4, -0.2) is 30.8 Å². The van der Waals surface area contributed by atoms with Crippen LogP contribution in [0.5, 0.6) is 0 Å². The lowest BCUT2D eigenvalue weighted by Crippen LogP contribution is -2.40. The van der Waals surface area contributed by atoms with Crippen molar-refractivity contribution in [3.8, 4) is 0 Å². The van der Waals surface area contributed by atoms with Crippen LogP contribution in [0.4, 0.5) is 10.5 Å². The van der Waals surface area contributed by atoms with Crippen LogP contribution in [0.3, 0.4) is 0 Å². The van der Waals surface area contributed by atoms with E-state index in [9.17, 15) is 4.79 Å². The van der Waals surface area contributed by atoms with Crippen LogP contribution in [0.2, 0.25) is 0 Å². The Morgan fingerprint density at radius 3 is 2.55 bits per heavy atom. The first-order valence-electron chi connectivity index (χ1n) is 7.14. The number of carbonyl (C=O) groups excluding carboxylic acids is 1. The molecule has 0 spiro atoms. The standard InChI is InChI=1S/C16H24N2O2/c1-12-5-7-14(8-6-12)18-10-9-13(11-18)17-15(19)20-16(2,3)4/h5-8,13H,9-11H2,1-4H3,(H,17,19)/t13-/m0/s1. The van der Waals surface area contributed by atoms with E-state index in [-0.39, 0.29) is 12.1 Å². The lowest BCUT2D eigenvalue weighted by Gasteiger charge is -2.22. The highest BCUT2D eigenvalue weighted by Crippen LogP contribution is 2.21. The summed E-state index contributed by atoms with van der Waals surface area (Å²) in [5.74, 6) is 0. The molecule has 20 heavy (non-hydrogen) atoms. The van der Waals surface area contributed by atoms with Gasteiger partial charge < -0.3 is 15.0 Å². The van der Waals surface area contributed by atoms with Crippen molar-refractivity contribution < 1.29 is 9.53 Å². The summed E-state index contributed by atoms with van der Waals surface area (Å²) in [7, 11) is 0. The first-order chi connectivity index (χ1) is 9.33. The SMILES string of the molecule is Cc1ccc(N2CC[C@H](NC(=O)OC(C)(C)C)C2)cc1. The predicted octanol–water partition coefficient (Wildman–Crippen LogP) is 3.10. The van der Waals surface area contributed by atoms with E-state index in [1.165, 1.54) is 11.3 Å². The van der Waals surface area contributed by atoms with Gasteiger partial charge in [-0.2, -0.15) is 0 Å². The van der Waals surface area contributed by atoms with E-state index in [0.717, 1.165) is 19.5 Å². The van der Waals surface area contributed by atoms with Crippen molar-refractivity contribution in [2.75, 3.05) is 18.0 Å². The molecule has 2 rings (SSSR count). The molecule has 1 N–H and O–H groups in total. The largest absolute Gasteiger partial charge is 0.444 e. The molecule has 1 heterocycles. The van der Waals surface area contributed by atoms with Crippen LogP contribution >= 0.6 is 0 Å². The summed E-state index contributed by atoms with van der Waals surface area (Å²) in [6.07, 6.45) is 0.626. The predicted molar refractivity (Wildman–Crippen MR) is 81.2 cm³/mol. The molecule has 4 nitrogen and oxygen atoms in total. The second kappa shape index (κ2) is 5.73. The van der Waals surface area contributed by atoms with E-state index in [2.05, 4.69) is 41.4 Å². The van der Waals surface area contributed by atoms with Crippen LogP contribution in [0.1, 0.15) is 32.8 Å². The number of amides is 1. The third kappa shape index (κ3) is 4.15. The number of ether oxygens (including phenoxy) is 1. The molecule has 4 heteroatoms. The normalized spacial score (nSPS) is 19.0. The monoisotopic (exact) mass is 276 g/mol. The highest BCUT2D eigenvalue weighted by molar-refractivity contribution is 5.68. The molecule has 0 unspecified atom stereocenters. The molecule has 110 valence electrons. The topological polar surface area (TPSA) is 41.6 Å². The lowest BCUT2D eigenvalue weighted by atomic mass is 10.2. The van der Waals surface area contributed by atoms with Crippen LogP contribution < -0.4 is 10.2 Å². The first kappa shape index (κ1) is 14.7. The van der Waals surface area contributed by atoms with E-state index >= 15 is 0 Å². The summed E-state index contributed by atoms with van der Waals surface area (Å²) in [4.78, 5) is 14.0. The van der Waals surface area contributed by atoms with Gasteiger partial charge in [0, 0.05) is 18.8 Å². The van der Waals surface area contributed by atoms with Gasteiger partial charge >= 0.3 is 6.09 Å². The Bertz CT molecular complexity index is 462. The molecule has 0 radical (unpaired) electrons. The fourth-order valence-electron chi connectivity index (χ4n) is 2.34. The number of rotatable bonds is 2. The summed E-state index contributed by atoms with van der Waals surface area (Å²) in [5.41, 5.74) is 2.03. The maximum absolute atomic E-state index is 11.8. The molecular formula is C16H24N2O2. The average Bonchev–Trinajstić information content (AvgIpc) is 2.75. The van der Waals surface area contributed by atoms with Gasteiger partial charge in [-0.1, -0.05) is 17.7 Å². The van der Waals surface area contributed by atoms with Gasteiger partial charge in [-0.3, -0.25) is 0 Å². The molecule has 1 aromatic carbocycles. The molecule has 1 atom stereocenters. The summed E-state index contributed by atoms with van der Waals surface area (Å²) >= 11 is 0. The van der Waals surface area contributed by atoms with E-state index in [0.29, 0.717) is 0 Å². The van der Waals surface area contributed by atoms with E-state index in [4.69, 9.17) is 4.74 Å². The highest BCUT2D eigenvalue weighted by atomic mass is 16.6. The number of anilines is 1. The van der Waals surface area contributed by atoms with Crippen LogP contribution in [0.25, 0.3) is 0 Å². The molecule has 1 aliphatic heterocycles. The van der Waals surface area contributed by atoms with Crippen molar-refractivity contribution >= 4 is 11.8 Å². The number of aryl methyl sites for hydroxylation is 1. The molecule has 1 aromatic rings. The fourth-order valence-corrected chi connectivity index (χ4v) is 2.34. The van der Waals surface area contributed by atoms with E-state index in [1.54, 1.807) is 0 Å². The quantitative estimate of drug-likeness (QED) is 0.902. The zero-order valence-electron chi connectivity index (χ0n) is 12.8. The van der Waals surface area contributed by atoms with Gasteiger partial charge in [-0.25, -0.2) is 4.79 Å². The van der Waals surface area contributed by atoms with E-state index in [1.807, 2.05) is 20.8 Å². The number of nitrogens with zero attached hydrogens (tertiary/aromatic N) is 1. The maximum atomic E-state index is 11.8. The molecule has 1 aliphatic rings. The van der Waals surface area contributed by atoms with Crippen LogP contribution in [0, 0.1) is 6.92 Å². The second-order valence-corrected chi connectivity index (χ2v) is 6.41. The summed E-state index contributed by atoms with van der Waals surface area (Å²) in [5, 5.41) is 2.94. The second-order valence-electron chi connectivity index (χ2n) is 6.41. The number of nitrogens with one attached hydrogen (secondary N) is 1. The van der Waals surface area contributed by atoms with Gasteiger partial charge in [0.2, 0.25) is 0 Å². The Morgan fingerprint density at radius 1 is 1.30 bits per heavy atom. The van der Waals surface area contributed by atoms with Crippen molar-refractivity contribution in [1.82, 2.24) is 5.32 Å². The van der Waals surface area contributed by atoms with Gasteiger partial charge in [-0.05, 0) is 46.2 Å². The number of carbonyl (C=O) groups is 1. The van der Waals surface area contributed by atoms with E-state index < -0.39 is 5.60 Å². The fraction of sp³-hybridized carbons (Fsp3) is 0.562. The van der Waals surface area contributed by atoms with Gasteiger partial charge in [0.1, 0.15) is 5.60 Å². The third-order valence-electron chi connectivity index (χ3n) is 3.31. The van der Waals surface area contributed by atoms with Crippen LogP contribution in [0.15, 0.2) is 24.3 Å². The Hall–Kier alpha value is -1.71. The van der Waals surface area contributed by atoms with Gasteiger partial charge in [-0.15, -0.1) is 0 Å². The molecule has 0 saturated carbocycles. The summed E-state index contributed by atoms with van der Waals surface area (Å²) in [6.45, 7) is 9.51. The summed E-state index contributed by atoms with van der Waals surface area (Å²) in [6, 6.07) is 8.65. The maximum Gasteiger partial charge on any atom is 0.407 e. The van der Waals surface area contributed by atoms with Gasteiger partial charge in [0.25, 0.3) is 0 Å². The Kier molecular flexibility index (Phi) is 4.21. The third-order valence-corrected chi connectivity index (χ3v) is 3.31. The number of benzene rings is 1. The number of hydrogen-bond donors (Lipinski definition) is 1. The van der Waals surface area contributed by atoms with Gasteiger partial charge in [0.05, 0.1) is 6.04 Å². The molecule has 1 amide bonds. The minimum Gasteiger partial charge on any atom is -0.444 e. The molecule has 0 aliphatic carbocycles. The molecular weight excluding hydrogens is 252 g/mol. The minimum atomic E-state index is -0.445. The first-order valence-corrected chi connectivity index (χ1v) is 7.14. The smallest absolute Gasteiger partial charge is 0.407 e. The number of hydrogen-bond acceptors (Lipinski definition) is 3. The average molecular weight is 276 g/mol. The Labute approximate surface area is 121 Å². The highest BCUT2D eigenvalue weighted by Gasteiger charge is 2.26. The molecule has 0 aromatic heterocycles. The summed E-state index contributed by atoms with van der Waals surface area (Å²) < 4.78 is 5.29. The Morgan fingerprint density at radius 2 is 1.95 bits per heavy atom. The van der Waals surface area contributed by atoms with Crippen molar-refractivity contribution in [2.45, 2.75) is 45.8 Å². The Balaban J connectivity index is 1.86. The van der Waals surface area contributed by atoms with Crippen molar-refractivity contribution in [1.29, 1.82) is 0 Å². The van der Waals surface area contributed by atoms with Gasteiger partial charge in [0.15, 0.2) is 0 Å².